The Hall–Kier alpha value is -1.57. The number of hydrogen-bond acceptors (Lipinski definition) is 3. The molecule has 2 amide bonds. The van der Waals surface area contributed by atoms with Crippen LogP contribution in [0.1, 0.15) is 51.9 Å². The van der Waals surface area contributed by atoms with Gasteiger partial charge in [-0.3, -0.25) is 9.59 Å². The Kier molecular flexibility index (Phi) is 4.64. The molecule has 20 heavy (non-hydrogen) atoms. The van der Waals surface area contributed by atoms with Gasteiger partial charge in [-0.15, -0.1) is 0 Å². The van der Waals surface area contributed by atoms with Crippen molar-refractivity contribution in [2.75, 3.05) is 6.54 Å². The molecule has 110 valence electrons. The molecule has 1 aliphatic carbocycles. The van der Waals surface area contributed by atoms with E-state index in [1.165, 1.54) is 12.8 Å². The topological polar surface area (TPSA) is 82.0 Å². The first-order valence-electron chi connectivity index (χ1n) is 7.49. The van der Waals surface area contributed by atoms with Crippen molar-refractivity contribution in [3.8, 4) is 6.07 Å². The monoisotopic (exact) mass is 277 g/mol. The van der Waals surface area contributed by atoms with Crippen LogP contribution in [-0.2, 0) is 9.59 Å². The molecule has 1 aliphatic heterocycles. The summed E-state index contributed by atoms with van der Waals surface area (Å²) in [7, 11) is 0. The van der Waals surface area contributed by atoms with E-state index in [1.807, 2.05) is 0 Å². The van der Waals surface area contributed by atoms with E-state index in [-0.39, 0.29) is 17.7 Å². The molecule has 1 heterocycles. The average molecular weight is 277 g/mol. The molecule has 0 aromatic heterocycles. The van der Waals surface area contributed by atoms with Crippen molar-refractivity contribution in [1.29, 1.82) is 5.26 Å². The smallest absolute Gasteiger partial charge is 0.223 e. The van der Waals surface area contributed by atoms with Crippen molar-refractivity contribution in [3.05, 3.63) is 0 Å². The lowest BCUT2D eigenvalue weighted by molar-refractivity contribution is -0.127. The number of amides is 2. The van der Waals surface area contributed by atoms with Gasteiger partial charge in [-0.2, -0.15) is 5.26 Å². The highest BCUT2D eigenvalue weighted by molar-refractivity contribution is 5.80. The molecule has 0 aromatic carbocycles. The highest BCUT2D eigenvalue weighted by Crippen LogP contribution is 2.48. The molecule has 5 nitrogen and oxygen atoms in total. The third-order valence-corrected chi connectivity index (χ3v) is 4.47. The highest BCUT2D eigenvalue weighted by Gasteiger charge is 2.37. The van der Waals surface area contributed by atoms with Crippen molar-refractivity contribution in [3.63, 3.8) is 0 Å². The van der Waals surface area contributed by atoms with E-state index in [9.17, 15) is 9.59 Å². The van der Waals surface area contributed by atoms with Gasteiger partial charge in [0.1, 0.15) is 6.04 Å². The van der Waals surface area contributed by atoms with E-state index >= 15 is 0 Å². The largest absolute Gasteiger partial charge is 0.356 e. The number of nitriles is 1. The first kappa shape index (κ1) is 14.8. The lowest BCUT2D eigenvalue weighted by atomic mass is 9.92. The van der Waals surface area contributed by atoms with Crippen molar-refractivity contribution >= 4 is 11.8 Å². The zero-order valence-electron chi connectivity index (χ0n) is 12.1. The molecule has 0 aromatic rings. The molecule has 2 fully saturated rings. The van der Waals surface area contributed by atoms with Gasteiger partial charge in [0.2, 0.25) is 11.8 Å². The predicted molar refractivity (Wildman–Crippen MR) is 74.5 cm³/mol. The normalized spacial score (nSPS) is 25.2. The van der Waals surface area contributed by atoms with Gasteiger partial charge < -0.3 is 10.6 Å². The summed E-state index contributed by atoms with van der Waals surface area (Å²) in [5.41, 5.74) is 0.350. The van der Waals surface area contributed by atoms with Crippen LogP contribution in [-0.4, -0.2) is 24.4 Å². The molecule has 0 bridgehead atoms. The Morgan fingerprint density at radius 3 is 2.95 bits per heavy atom. The lowest BCUT2D eigenvalue weighted by Gasteiger charge is -2.24. The Morgan fingerprint density at radius 1 is 1.60 bits per heavy atom. The van der Waals surface area contributed by atoms with Crippen LogP contribution in [0.5, 0.6) is 0 Å². The summed E-state index contributed by atoms with van der Waals surface area (Å²) in [6.45, 7) is 2.91. The fourth-order valence-corrected chi connectivity index (χ4v) is 2.63. The zero-order chi connectivity index (χ0) is 14.6. The van der Waals surface area contributed by atoms with Gasteiger partial charge in [0.05, 0.1) is 6.07 Å². The summed E-state index contributed by atoms with van der Waals surface area (Å²) in [6.07, 6.45) is 5.94. The van der Waals surface area contributed by atoms with Crippen LogP contribution in [0.25, 0.3) is 0 Å². The Bertz CT molecular complexity index is 423. The number of carbonyl (C=O) groups is 2. The Labute approximate surface area is 120 Å². The van der Waals surface area contributed by atoms with Gasteiger partial charge in [-0.05, 0) is 43.9 Å². The zero-order valence-corrected chi connectivity index (χ0v) is 12.1. The summed E-state index contributed by atoms with van der Waals surface area (Å²) in [4.78, 5) is 23.5. The maximum Gasteiger partial charge on any atom is 0.223 e. The van der Waals surface area contributed by atoms with Crippen molar-refractivity contribution < 1.29 is 9.59 Å². The van der Waals surface area contributed by atoms with Crippen LogP contribution in [0.15, 0.2) is 0 Å². The number of nitrogens with one attached hydrogen (secondary N) is 2. The third kappa shape index (κ3) is 4.22. The molecule has 2 rings (SSSR count). The fraction of sp³-hybridized carbons (Fsp3) is 0.800. The molecule has 2 N–H and O–H groups in total. The number of carbonyl (C=O) groups excluding carboxylic acids is 2. The second-order valence-corrected chi connectivity index (χ2v) is 6.43. The van der Waals surface area contributed by atoms with Crippen molar-refractivity contribution in [2.24, 2.45) is 11.3 Å². The third-order valence-electron chi connectivity index (χ3n) is 4.47. The second-order valence-electron chi connectivity index (χ2n) is 6.43. The van der Waals surface area contributed by atoms with E-state index in [0.717, 1.165) is 25.8 Å². The Morgan fingerprint density at radius 2 is 2.35 bits per heavy atom. The van der Waals surface area contributed by atoms with E-state index in [2.05, 4.69) is 23.6 Å². The number of rotatable bonds is 6. The van der Waals surface area contributed by atoms with Gasteiger partial charge in [-0.1, -0.05) is 6.92 Å². The molecular weight excluding hydrogens is 254 g/mol. The van der Waals surface area contributed by atoms with Crippen molar-refractivity contribution in [1.82, 2.24) is 10.6 Å². The molecule has 2 atom stereocenters. The molecule has 0 spiro atoms. The standard InChI is InChI=1S/C15H23N3O2/c1-15(6-7-15)5-4-13(19)18-12(10-16)9-11-3-2-8-17-14(11)20/h11-12H,2-9H2,1H3,(H,17,20)(H,18,19)/t11-,12-/m0/s1. The van der Waals surface area contributed by atoms with Gasteiger partial charge in [0.15, 0.2) is 0 Å². The number of piperidine rings is 1. The van der Waals surface area contributed by atoms with Crippen LogP contribution in [0, 0.1) is 22.7 Å². The summed E-state index contributed by atoms with van der Waals surface area (Å²) in [5, 5.41) is 14.7. The average Bonchev–Trinajstić information content (AvgIpc) is 3.17. The SMILES string of the molecule is CC1(CCC(=O)N[C@H](C#N)C[C@@H]2CCCNC2=O)CC1. The van der Waals surface area contributed by atoms with Crippen LogP contribution in [0.4, 0.5) is 0 Å². The molecule has 1 saturated heterocycles. The number of hydrogen-bond donors (Lipinski definition) is 2. The van der Waals surface area contributed by atoms with Crippen LogP contribution >= 0.6 is 0 Å². The maximum atomic E-state index is 11.8. The minimum atomic E-state index is -0.552. The summed E-state index contributed by atoms with van der Waals surface area (Å²) >= 11 is 0. The first-order chi connectivity index (χ1) is 9.52. The second kappa shape index (κ2) is 6.25. The highest BCUT2D eigenvalue weighted by atomic mass is 16.2. The van der Waals surface area contributed by atoms with Gasteiger partial charge in [-0.25, -0.2) is 0 Å². The van der Waals surface area contributed by atoms with Crippen LogP contribution < -0.4 is 10.6 Å². The van der Waals surface area contributed by atoms with E-state index in [4.69, 9.17) is 5.26 Å². The van der Waals surface area contributed by atoms with Crippen molar-refractivity contribution in [2.45, 2.75) is 57.9 Å². The summed E-state index contributed by atoms with van der Waals surface area (Å²) in [5.74, 6) is -0.202. The van der Waals surface area contributed by atoms with Gasteiger partial charge in [0, 0.05) is 18.9 Å². The van der Waals surface area contributed by atoms with E-state index < -0.39 is 6.04 Å². The van der Waals surface area contributed by atoms with E-state index in [0.29, 0.717) is 18.3 Å². The minimum Gasteiger partial charge on any atom is -0.356 e. The quantitative estimate of drug-likeness (QED) is 0.771. The fourth-order valence-electron chi connectivity index (χ4n) is 2.63. The lowest BCUT2D eigenvalue weighted by Crippen LogP contribution is -2.42. The van der Waals surface area contributed by atoms with Gasteiger partial charge in [0.25, 0.3) is 0 Å². The van der Waals surface area contributed by atoms with E-state index in [1.54, 1.807) is 0 Å². The molecule has 0 radical (unpaired) electrons. The van der Waals surface area contributed by atoms with Crippen LogP contribution in [0.3, 0.4) is 0 Å². The maximum absolute atomic E-state index is 11.8. The molecule has 5 heteroatoms. The van der Waals surface area contributed by atoms with Crippen LogP contribution in [0.2, 0.25) is 0 Å². The molecular formula is C15H23N3O2. The minimum absolute atomic E-state index is 0.0104. The Balaban J connectivity index is 1.75. The molecule has 1 saturated carbocycles. The number of nitrogens with zero attached hydrogens (tertiary/aromatic N) is 1. The molecule has 0 unspecified atom stereocenters. The summed E-state index contributed by atoms with van der Waals surface area (Å²) < 4.78 is 0. The van der Waals surface area contributed by atoms with Gasteiger partial charge >= 0.3 is 0 Å². The first-order valence-corrected chi connectivity index (χ1v) is 7.49. The summed E-state index contributed by atoms with van der Waals surface area (Å²) in [6, 6.07) is 1.55. The predicted octanol–water partition coefficient (Wildman–Crippen LogP) is 1.49. The molecule has 2 aliphatic rings.